The van der Waals surface area contributed by atoms with Gasteiger partial charge in [-0.05, 0) is 31.8 Å². The molecule has 0 aromatic rings. The largest absolute Gasteiger partial charge is 0.480 e. The molecule has 2 saturated heterocycles. The molecule has 2 aliphatic rings. The molecule has 1 atom stereocenters. The van der Waals surface area contributed by atoms with Crippen LogP contribution in [-0.2, 0) is 9.59 Å². The second-order valence-electron chi connectivity index (χ2n) is 5.18. The standard InChI is InChI=1S/C12H20N2O3S/c1-9-2-4-13(5-3-9)6-11(15)14-8-18-7-10(14)12(16)17/h9-10H,2-8H2,1H3,(H,16,17)/t10-/m0/s1. The summed E-state index contributed by atoms with van der Waals surface area (Å²) in [6.07, 6.45) is 2.26. The van der Waals surface area contributed by atoms with Crippen LogP contribution in [0.1, 0.15) is 19.8 Å². The lowest BCUT2D eigenvalue weighted by Crippen LogP contribution is -2.47. The predicted octanol–water partition coefficient (Wildman–Crippen LogP) is 0.704. The highest BCUT2D eigenvalue weighted by atomic mass is 32.2. The lowest BCUT2D eigenvalue weighted by atomic mass is 9.99. The highest BCUT2D eigenvalue weighted by molar-refractivity contribution is 7.99. The Morgan fingerprint density at radius 2 is 2.00 bits per heavy atom. The maximum atomic E-state index is 12.1. The monoisotopic (exact) mass is 272 g/mol. The summed E-state index contributed by atoms with van der Waals surface area (Å²) >= 11 is 1.52. The van der Waals surface area contributed by atoms with Crippen LogP contribution in [-0.4, -0.2) is 64.1 Å². The van der Waals surface area contributed by atoms with Crippen molar-refractivity contribution < 1.29 is 14.7 Å². The topological polar surface area (TPSA) is 60.9 Å². The number of amides is 1. The molecule has 0 radical (unpaired) electrons. The van der Waals surface area contributed by atoms with E-state index in [1.165, 1.54) is 16.7 Å². The van der Waals surface area contributed by atoms with Crippen LogP contribution >= 0.6 is 11.8 Å². The predicted molar refractivity (Wildman–Crippen MR) is 70.4 cm³/mol. The molecule has 6 heteroatoms. The van der Waals surface area contributed by atoms with Gasteiger partial charge < -0.3 is 10.0 Å². The number of hydrogen-bond acceptors (Lipinski definition) is 4. The lowest BCUT2D eigenvalue weighted by molar-refractivity contribution is -0.148. The maximum Gasteiger partial charge on any atom is 0.327 e. The van der Waals surface area contributed by atoms with Gasteiger partial charge in [-0.3, -0.25) is 9.69 Å². The molecule has 2 fully saturated rings. The Kier molecular flexibility index (Phi) is 4.50. The molecule has 0 bridgehead atoms. The van der Waals surface area contributed by atoms with E-state index in [0.717, 1.165) is 31.8 Å². The van der Waals surface area contributed by atoms with Gasteiger partial charge in [-0.1, -0.05) is 6.92 Å². The molecular formula is C12H20N2O3S. The van der Waals surface area contributed by atoms with Crippen LogP contribution in [0.15, 0.2) is 0 Å². The first-order valence-corrected chi connectivity index (χ1v) is 7.55. The number of carbonyl (C=O) groups is 2. The zero-order chi connectivity index (χ0) is 13.1. The van der Waals surface area contributed by atoms with Gasteiger partial charge in [-0.25, -0.2) is 4.79 Å². The molecule has 2 rings (SSSR count). The van der Waals surface area contributed by atoms with Crippen LogP contribution in [0.4, 0.5) is 0 Å². The van der Waals surface area contributed by atoms with E-state index in [1.807, 2.05) is 0 Å². The Labute approximate surface area is 112 Å². The fourth-order valence-electron chi connectivity index (χ4n) is 2.40. The maximum absolute atomic E-state index is 12.1. The van der Waals surface area contributed by atoms with Gasteiger partial charge in [0.2, 0.25) is 5.91 Å². The SMILES string of the molecule is CC1CCN(CC(=O)N2CSC[C@H]2C(=O)O)CC1. The van der Waals surface area contributed by atoms with Crippen LogP contribution in [0.5, 0.6) is 0 Å². The third-order valence-corrected chi connectivity index (χ3v) is 4.74. The Morgan fingerprint density at radius 1 is 1.33 bits per heavy atom. The van der Waals surface area contributed by atoms with Gasteiger partial charge >= 0.3 is 5.97 Å². The van der Waals surface area contributed by atoms with E-state index in [1.54, 1.807) is 0 Å². The number of thioether (sulfide) groups is 1. The van der Waals surface area contributed by atoms with Crippen molar-refractivity contribution in [2.75, 3.05) is 31.3 Å². The lowest BCUT2D eigenvalue weighted by Gasteiger charge is -2.31. The second kappa shape index (κ2) is 5.93. The number of piperidine rings is 1. The van der Waals surface area contributed by atoms with Gasteiger partial charge in [-0.2, -0.15) is 0 Å². The number of hydrogen-bond donors (Lipinski definition) is 1. The third kappa shape index (κ3) is 3.17. The van der Waals surface area contributed by atoms with Gasteiger partial charge in [0.15, 0.2) is 0 Å². The van der Waals surface area contributed by atoms with E-state index in [4.69, 9.17) is 5.11 Å². The summed E-state index contributed by atoms with van der Waals surface area (Å²) in [5, 5.41) is 9.05. The highest BCUT2D eigenvalue weighted by Crippen LogP contribution is 2.22. The number of rotatable bonds is 3. The summed E-state index contributed by atoms with van der Waals surface area (Å²) in [7, 11) is 0. The number of carbonyl (C=O) groups excluding carboxylic acids is 1. The number of carboxylic acid groups (broad SMARTS) is 1. The average Bonchev–Trinajstić information content (AvgIpc) is 2.81. The van der Waals surface area contributed by atoms with Crippen molar-refractivity contribution in [1.82, 2.24) is 9.80 Å². The minimum atomic E-state index is -0.888. The van der Waals surface area contributed by atoms with Gasteiger partial charge in [0, 0.05) is 5.75 Å². The molecule has 0 aromatic carbocycles. The van der Waals surface area contributed by atoms with Gasteiger partial charge in [0.05, 0.1) is 12.4 Å². The van der Waals surface area contributed by atoms with Crippen molar-refractivity contribution in [3.8, 4) is 0 Å². The summed E-state index contributed by atoms with van der Waals surface area (Å²) in [5.41, 5.74) is 0. The fraction of sp³-hybridized carbons (Fsp3) is 0.833. The highest BCUT2D eigenvalue weighted by Gasteiger charge is 2.35. The molecular weight excluding hydrogens is 252 g/mol. The van der Waals surface area contributed by atoms with Crippen LogP contribution in [0.25, 0.3) is 0 Å². The molecule has 18 heavy (non-hydrogen) atoms. The molecule has 1 N–H and O–H groups in total. The van der Waals surface area contributed by atoms with E-state index in [2.05, 4.69) is 11.8 Å². The van der Waals surface area contributed by atoms with Crippen LogP contribution in [0, 0.1) is 5.92 Å². The van der Waals surface area contributed by atoms with Crippen molar-refractivity contribution in [2.24, 2.45) is 5.92 Å². The normalized spacial score (nSPS) is 26.5. The number of carboxylic acids is 1. The molecule has 0 spiro atoms. The average molecular weight is 272 g/mol. The second-order valence-corrected chi connectivity index (χ2v) is 6.18. The summed E-state index contributed by atoms with van der Waals surface area (Å²) in [6.45, 7) is 4.51. The van der Waals surface area contributed by atoms with E-state index < -0.39 is 12.0 Å². The smallest absolute Gasteiger partial charge is 0.327 e. The molecule has 0 saturated carbocycles. The summed E-state index contributed by atoms with van der Waals surface area (Å²) in [4.78, 5) is 26.8. The van der Waals surface area contributed by atoms with Crippen molar-refractivity contribution in [2.45, 2.75) is 25.8 Å². The Hall–Kier alpha value is -0.750. The first-order valence-electron chi connectivity index (χ1n) is 6.40. The molecule has 0 aromatic heterocycles. The molecule has 5 nitrogen and oxygen atoms in total. The zero-order valence-corrected chi connectivity index (χ0v) is 11.5. The third-order valence-electron chi connectivity index (χ3n) is 3.72. The Balaban J connectivity index is 1.86. The molecule has 1 amide bonds. The van der Waals surface area contributed by atoms with Crippen molar-refractivity contribution in [3.63, 3.8) is 0 Å². The summed E-state index contributed by atoms with van der Waals surface area (Å²) < 4.78 is 0. The number of nitrogens with zero attached hydrogens (tertiary/aromatic N) is 2. The van der Waals surface area contributed by atoms with Gasteiger partial charge in [-0.15, -0.1) is 11.8 Å². The summed E-state index contributed by atoms with van der Waals surface area (Å²) in [5.74, 6) is 0.839. The number of aliphatic carboxylic acids is 1. The van der Waals surface area contributed by atoms with Crippen molar-refractivity contribution in [1.29, 1.82) is 0 Å². The van der Waals surface area contributed by atoms with Crippen LogP contribution in [0.3, 0.4) is 0 Å². The van der Waals surface area contributed by atoms with E-state index in [9.17, 15) is 9.59 Å². The van der Waals surface area contributed by atoms with Crippen LogP contribution in [0.2, 0.25) is 0 Å². The first kappa shape index (κ1) is 13.7. The van der Waals surface area contributed by atoms with E-state index >= 15 is 0 Å². The van der Waals surface area contributed by atoms with Gasteiger partial charge in [0.25, 0.3) is 0 Å². The number of likely N-dealkylation sites (tertiary alicyclic amines) is 1. The van der Waals surface area contributed by atoms with Gasteiger partial charge in [0.1, 0.15) is 6.04 Å². The van der Waals surface area contributed by atoms with Crippen LogP contribution < -0.4 is 0 Å². The first-order chi connectivity index (χ1) is 8.58. The molecule has 102 valence electrons. The minimum Gasteiger partial charge on any atom is -0.480 e. The Morgan fingerprint density at radius 3 is 2.61 bits per heavy atom. The van der Waals surface area contributed by atoms with Crippen molar-refractivity contribution in [3.05, 3.63) is 0 Å². The minimum absolute atomic E-state index is 0.0399. The van der Waals surface area contributed by atoms with E-state index in [0.29, 0.717) is 18.2 Å². The van der Waals surface area contributed by atoms with Crippen molar-refractivity contribution >= 4 is 23.6 Å². The Bertz CT molecular complexity index is 329. The molecule has 2 heterocycles. The zero-order valence-electron chi connectivity index (χ0n) is 10.7. The molecule has 0 aliphatic carbocycles. The molecule has 0 unspecified atom stereocenters. The molecule has 2 aliphatic heterocycles. The quantitative estimate of drug-likeness (QED) is 0.819. The fourth-order valence-corrected chi connectivity index (χ4v) is 3.57. The summed E-state index contributed by atoms with van der Waals surface area (Å²) in [6, 6.07) is -0.633. The van der Waals surface area contributed by atoms with E-state index in [-0.39, 0.29) is 5.91 Å².